The third kappa shape index (κ3) is 4.19. The first-order chi connectivity index (χ1) is 17.2. The van der Waals surface area contributed by atoms with Crippen molar-refractivity contribution < 1.29 is 9.90 Å². The van der Waals surface area contributed by atoms with Crippen LogP contribution in [0.3, 0.4) is 0 Å². The number of benzene rings is 3. The van der Waals surface area contributed by atoms with Gasteiger partial charge in [0.15, 0.2) is 17.4 Å². The quantitative estimate of drug-likeness (QED) is 0.236. The van der Waals surface area contributed by atoms with E-state index in [0.29, 0.717) is 22.3 Å². The lowest BCUT2D eigenvalue weighted by atomic mass is 10.0. The van der Waals surface area contributed by atoms with Gasteiger partial charge in [-0.25, -0.2) is 14.5 Å². The summed E-state index contributed by atoms with van der Waals surface area (Å²) in [7, 11) is 0. The minimum Gasteiger partial charge on any atom is -0.505 e. The maximum atomic E-state index is 13.2. The van der Waals surface area contributed by atoms with Gasteiger partial charge < -0.3 is 10.4 Å². The molecule has 5 aromatic rings. The molecule has 0 atom stereocenters. The Balaban J connectivity index is 1.60. The number of pyridine rings is 1. The minimum absolute atomic E-state index is 0.0736. The number of azo groups is 1. The number of carbonyl (C=O) groups excluding carboxylic acids is 1. The number of hydrogen-bond acceptors (Lipinski definition) is 6. The molecule has 1 amide bonds. The molecule has 2 heterocycles. The van der Waals surface area contributed by atoms with Crippen molar-refractivity contribution >= 4 is 39.6 Å². The average molecular weight is 459 g/mol. The van der Waals surface area contributed by atoms with Gasteiger partial charge in [-0.1, -0.05) is 48.5 Å². The molecule has 2 N–H and O–H groups in total. The van der Waals surface area contributed by atoms with Crippen LogP contribution < -0.4 is 5.32 Å². The first kappa shape index (κ1) is 21.5. The Hall–Kier alpha value is -5.36. The van der Waals surface area contributed by atoms with E-state index in [0.717, 1.165) is 0 Å². The summed E-state index contributed by atoms with van der Waals surface area (Å²) in [5.41, 5.74) is 0.909. The number of amides is 1. The van der Waals surface area contributed by atoms with Gasteiger partial charge in [-0.2, -0.15) is 5.10 Å². The van der Waals surface area contributed by atoms with E-state index in [1.807, 2.05) is 18.2 Å². The van der Waals surface area contributed by atoms with Crippen LogP contribution in [0.15, 0.2) is 101 Å². The average Bonchev–Trinajstić information content (AvgIpc) is 3.31. The van der Waals surface area contributed by atoms with E-state index in [4.69, 9.17) is 6.57 Å². The van der Waals surface area contributed by atoms with Crippen LogP contribution in [0.1, 0.15) is 10.4 Å². The molecule has 0 aliphatic rings. The highest BCUT2D eigenvalue weighted by molar-refractivity contribution is 6.16. The van der Waals surface area contributed by atoms with E-state index in [2.05, 4.69) is 30.5 Å². The molecule has 35 heavy (non-hydrogen) atoms. The van der Waals surface area contributed by atoms with Crippen molar-refractivity contribution in [3.8, 4) is 11.6 Å². The van der Waals surface area contributed by atoms with Crippen molar-refractivity contribution in [1.29, 1.82) is 0 Å². The van der Waals surface area contributed by atoms with E-state index in [1.54, 1.807) is 66.9 Å². The van der Waals surface area contributed by atoms with Crippen LogP contribution in [0.2, 0.25) is 0 Å². The van der Waals surface area contributed by atoms with Gasteiger partial charge in [-0.15, -0.1) is 10.2 Å². The third-order valence-corrected chi connectivity index (χ3v) is 5.22. The molecule has 3 aromatic carbocycles. The number of aromatic hydroxyl groups is 1. The number of nitrogens with one attached hydrogen (secondary N) is 1. The predicted molar refractivity (Wildman–Crippen MR) is 132 cm³/mol. The molecule has 0 aliphatic heterocycles. The van der Waals surface area contributed by atoms with Crippen LogP contribution >= 0.6 is 0 Å². The van der Waals surface area contributed by atoms with Crippen molar-refractivity contribution in [3.05, 3.63) is 108 Å². The summed E-state index contributed by atoms with van der Waals surface area (Å²) in [6.45, 7) is 7.44. The number of nitrogens with zero attached hydrogens (tertiary/aromatic N) is 6. The number of fused-ring (bicyclic) bond motifs is 1. The first-order valence-corrected chi connectivity index (χ1v) is 10.6. The summed E-state index contributed by atoms with van der Waals surface area (Å²) in [5.74, 6) is -0.194. The van der Waals surface area contributed by atoms with E-state index in [-0.39, 0.29) is 28.5 Å². The Morgan fingerprint density at radius 3 is 2.54 bits per heavy atom. The number of anilines is 1. The molecule has 0 unspecified atom stereocenters. The van der Waals surface area contributed by atoms with Gasteiger partial charge in [0, 0.05) is 11.9 Å². The summed E-state index contributed by atoms with van der Waals surface area (Å²) < 4.78 is 1.39. The molecule has 0 bridgehead atoms. The maximum absolute atomic E-state index is 13.2. The Morgan fingerprint density at radius 1 is 1.00 bits per heavy atom. The summed E-state index contributed by atoms with van der Waals surface area (Å²) in [6.07, 6.45) is 2.97. The molecule has 9 nitrogen and oxygen atoms in total. The topological polar surface area (TPSA) is 109 Å². The smallest absolute Gasteiger partial charge is 0.260 e. The molecule has 0 saturated heterocycles. The van der Waals surface area contributed by atoms with Crippen molar-refractivity contribution in [2.24, 2.45) is 10.2 Å². The number of phenolic OH excluding ortho intramolecular Hbond substituents is 1. The number of aromatic nitrogens is 3. The van der Waals surface area contributed by atoms with Crippen molar-refractivity contribution in [2.45, 2.75) is 0 Å². The molecule has 5 rings (SSSR count). The van der Waals surface area contributed by atoms with E-state index < -0.39 is 5.91 Å². The van der Waals surface area contributed by atoms with Crippen LogP contribution in [0.25, 0.3) is 21.4 Å². The largest absolute Gasteiger partial charge is 0.505 e. The molecule has 0 saturated carbocycles. The Kier molecular flexibility index (Phi) is 5.68. The van der Waals surface area contributed by atoms with Crippen LogP contribution in [-0.4, -0.2) is 25.8 Å². The van der Waals surface area contributed by atoms with Gasteiger partial charge >= 0.3 is 0 Å². The summed E-state index contributed by atoms with van der Waals surface area (Å²) in [4.78, 5) is 20.9. The van der Waals surface area contributed by atoms with Gasteiger partial charge in [-0.05, 0) is 41.1 Å². The second-order valence-corrected chi connectivity index (χ2v) is 7.43. The molecule has 0 aliphatic carbocycles. The van der Waals surface area contributed by atoms with Gasteiger partial charge in [0.2, 0.25) is 0 Å². The van der Waals surface area contributed by atoms with Crippen molar-refractivity contribution in [3.63, 3.8) is 0 Å². The fourth-order valence-electron chi connectivity index (χ4n) is 3.60. The number of hydrogen-bond donors (Lipinski definition) is 2. The fraction of sp³-hybridized carbons (Fsp3) is 0. The van der Waals surface area contributed by atoms with E-state index >= 15 is 0 Å². The standard InChI is InChI=1S/C26H17N7O2/c1-27-21-16-29-33(22-13-7-8-14-28-22)25(21)32-31-20-15-17-9-5-6-12-19(17)23(24(20)34)26(35)30-18-10-3-2-4-11-18/h2-16,34H,(H,30,35)/b32-31+. The molecule has 168 valence electrons. The van der Waals surface area contributed by atoms with Gasteiger partial charge in [0.25, 0.3) is 11.6 Å². The molecule has 0 radical (unpaired) electrons. The zero-order valence-electron chi connectivity index (χ0n) is 18.2. The number of rotatable bonds is 5. The third-order valence-electron chi connectivity index (χ3n) is 5.22. The van der Waals surface area contributed by atoms with E-state index in [1.165, 1.54) is 10.9 Å². The highest BCUT2D eigenvalue weighted by atomic mass is 16.3. The molecule has 0 fully saturated rings. The Bertz CT molecular complexity index is 1600. The summed E-state index contributed by atoms with van der Waals surface area (Å²) >= 11 is 0. The van der Waals surface area contributed by atoms with Gasteiger partial charge in [-0.3, -0.25) is 4.79 Å². The van der Waals surface area contributed by atoms with Crippen LogP contribution in [0.4, 0.5) is 22.9 Å². The fourth-order valence-corrected chi connectivity index (χ4v) is 3.60. The first-order valence-electron chi connectivity index (χ1n) is 10.6. The van der Waals surface area contributed by atoms with Gasteiger partial charge in [0.05, 0.1) is 18.3 Å². The zero-order valence-corrected chi connectivity index (χ0v) is 18.2. The Morgan fingerprint density at radius 2 is 1.77 bits per heavy atom. The number of carbonyl (C=O) groups is 1. The van der Waals surface area contributed by atoms with Crippen molar-refractivity contribution in [2.75, 3.05) is 5.32 Å². The lowest BCUT2D eigenvalue weighted by Crippen LogP contribution is -2.12. The highest BCUT2D eigenvalue weighted by Gasteiger charge is 2.20. The summed E-state index contributed by atoms with van der Waals surface area (Å²) in [5, 5.41) is 27.7. The van der Waals surface area contributed by atoms with E-state index in [9.17, 15) is 9.90 Å². The second kappa shape index (κ2) is 9.25. The highest BCUT2D eigenvalue weighted by Crippen LogP contribution is 2.39. The lowest BCUT2D eigenvalue weighted by Gasteiger charge is -2.12. The van der Waals surface area contributed by atoms with Crippen LogP contribution in [0, 0.1) is 6.57 Å². The van der Waals surface area contributed by atoms with Crippen LogP contribution in [-0.2, 0) is 0 Å². The monoisotopic (exact) mass is 459 g/mol. The maximum Gasteiger partial charge on any atom is 0.260 e. The summed E-state index contributed by atoms with van der Waals surface area (Å²) in [6, 6.07) is 23.0. The van der Waals surface area contributed by atoms with Crippen LogP contribution in [0.5, 0.6) is 5.75 Å². The van der Waals surface area contributed by atoms with Gasteiger partial charge in [0.1, 0.15) is 5.69 Å². The predicted octanol–water partition coefficient (Wildman–Crippen LogP) is 6.34. The molecule has 0 spiro atoms. The number of para-hydroxylation sites is 1. The minimum atomic E-state index is -0.484. The second-order valence-electron chi connectivity index (χ2n) is 7.43. The normalized spacial score (nSPS) is 10.9. The van der Waals surface area contributed by atoms with Crippen molar-refractivity contribution in [1.82, 2.24) is 14.8 Å². The zero-order chi connectivity index (χ0) is 24.2. The molecule has 2 aromatic heterocycles. The Labute approximate surface area is 199 Å². The lowest BCUT2D eigenvalue weighted by molar-refractivity contribution is 0.102. The number of phenols is 1. The molecular weight excluding hydrogens is 442 g/mol. The SMILES string of the molecule is [C-]#[N+]c1cnn(-c2ccccn2)c1/N=N/c1cc2ccccc2c(C(=O)Nc2ccccc2)c1O. The molecule has 9 heteroatoms. The molecular formula is C26H17N7O2.